The van der Waals surface area contributed by atoms with Crippen LogP contribution in [0.15, 0.2) is 65.2 Å². The SMILES string of the molecule is CN(CCCc1cc(-c2ccccc2)no1)C(=O)C1CC(=O)N(Cc2cccc(C(F)(F)F)c2)C1. The molecule has 1 saturated heterocycles. The summed E-state index contributed by atoms with van der Waals surface area (Å²) in [6.45, 7) is 0.727. The normalized spacial score (nSPS) is 16.1. The Bertz CT molecular complexity index is 1180. The topological polar surface area (TPSA) is 66.7 Å². The van der Waals surface area contributed by atoms with Crippen LogP contribution in [0, 0.1) is 5.92 Å². The zero-order chi connectivity index (χ0) is 25.0. The molecule has 1 atom stereocenters. The monoisotopic (exact) mass is 485 g/mol. The maximum Gasteiger partial charge on any atom is 0.416 e. The van der Waals surface area contributed by atoms with E-state index in [4.69, 9.17) is 4.52 Å². The summed E-state index contributed by atoms with van der Waals surface area (Å²) < 4.78 is 44.3. The molecule has 3 aromatic rings. The summed E-state index contributed by atoms with van der Waals surface area (Å²) in [4.78, 5) is 28.3. The lowest BCUT2D eigenvalue weighted by Gasteiger charge is -2.21. The van der Waals surface area contributed by atoms with Crippen LogP contribution in [0.4, 0.5) is 13.2 Å². The van der Waals surface area contributed by atoms with E-state index in [0.717, 1.165) is 29.2 Å². The number of hydrogen-bond acceptors (Lipinski definition) is 4. The molecule has 6 nitrogen and oxygen atoms in total. The Labute approximate surface area is 201 Å². The van der Waals surface area contributed by atoms with Gasteiger partial charge in [0.2, 0.25) is 11.8 Å². The Morgan fingerprint density at radius 2 is 1.91 bits per heavy atom. The lowest BCUT2D eigenvalue weighted by atomic mass is 10.1. The Hall–Kier alpha value is -3.62. The van der Waals surface area contributed by atoms with Crippen molar-refractivity contribution in [2.24, 2.45) is 5.92 Å². The first kappa shape index (κ1) is 24.5. The summed E-state index contributed by atoms with van der Waals surface area (Å²) in [5.74, 6) is -0.155. The van der Waals surface area contributed by atoms with E-state index in [1.165, 1.54) is 11.0 Å². The molecule has 35 heavy (non-hydrogen) atoms. The number of carbonyl (C=O) groups is 2. The van der Waals surface area contributed by atoms with Gasteiger partial charge in [0.1, 0.15) is 11.5 Å². The Morgan fingerprint density at radius 1 is 1.14 bits per heavy atom. The Morgan fingerprint density at radius 3 is 2.66 bits per heavy atom. The van der Waals surface area contributed by atoms with Gasteiger partial charge in [0.05, 0.1) is 11.5 Å². The van der Waals surface area contributed by atoms with Crippen molar-refractivity contribution in [3.8, 4) is 11.3 Å². The zero-order valence-electron chi connectivity index (χ0n) is 19.3. The minimum absolute atomic E-state index is 0.0471. The number of rotatable bonds is 8. The molecule has 9 heteroatoms. The highest BCUT2D eigenvalue weighted by Gasteiger charge is 2.36. The molecule has 0 aliphatic carbocycles. The molecule has 4 rings (SSSR count). The predicted molar refractivity (Wildman–Crippen MR) is 123 cm³/mol. The number of alkyl halides is 3. The van der Waals surface area contributed by atoms with Crippen molar-refractivity contribution in [3.63, 3.8) is 0 Å². The first-order valence-electron chi connectivity index (χ1n) is 11.4. The van der Waals surface area contributed by atoms with E-state index in [2.05, 4.69) is 5.16 Å². The van der Waals surface area contributed by atoms with Crippen molar-refractivity contribution < 1.29 is 27.3 Å². The summed E-state index contributed by atoms with van der Waals surface area (Å²) >= 11 is 0. The van der Waals surface area contributed by atoms with Crippen LogP contribution in [0.3, 0.4) is 0 Å². The number of nitrogens with zero attached hydrogens (tertiary/aromatic N) is 3. The lowest BCUT2D eigenvalue weighted by molar-refractivity contribution is -0.137. The number of aromatic nitrogens is 1. The molecule has 0 radical (unpaired) electrons. The smallest absolute Gasteiger partial charge is 0.361 e. The summed E-state index contributed by atoms with van der Waals surface area (Å²) in [5, 5.41) is 4.09. The second-order valence-corrected chi connectivity index (χ2v) is 8.78. The third-order valence-corrected chi connectivity index (χ3v) is 6.11. The summed E-state index contributed by atoms with van der Waals surface area (Å²) in [7, 11) is 1.69. The molecule has 1 aliphatic rings. The van der Waals surface area contributed by atoms with Gasteiger partial charge in [0, 0.05) is 51.2 Å². The van der Waals surface area contributed by atoms with Crippen LogP contribution >= 0.6 is 0 Å². The molecule has 0 bridgehead atoms. The summed E-state index contributed by atoms with van der Waals surface area (Å²) in [5.41, 5.74) is 1.36. The van der Waals surface area contributed by atoms with E-state index in [0.29, 0.717) is 24.9 Å². The fraction of sp³-hybridized carbons (Fsp3) is 0.346. The molecule has 0 N–H and O–H groups in total. The van der Waals surface area contributed by atoms with Crippen LogP contribution in [-0.4, -0.2) is 46.9 Å². The fourth-order valence-corrected chi connectivity index (χ4v) is 4.24. The summed E-state index contributed by atoms with van der Waals surface area (Å²) in [6.07, 6.45) is -3.10. The van der Waals surface area contributed by atoms with Gasteiger partial charge in [-0.15, -0.1) is 0 Å². The number of hydrogen-bond donors (Lipinski definition) is 0. The number of likely N-dealkylation sites (tertiary alicyclic amines) is 1. The zero-order valence-corrected chi connectivity index (χ0v) is 19.3. The molecular weight excluding hydrogens is 459 g/mol. The highest BCUT2D eigenvalue weighted by atomic mass is 19.4. The van der Waals surface area contributed by atoms with Gasteiger partial charge in [0.15, 0.2) is 0 Å². The second-order valence-electron chi connectivity index (χ2n) is 8.78. The van der Waals surface area contributed by atoms with Crippen molar-refractivity contribution in [3.05, 3.63) is 77.6 Å². The van der Waals surface area contributed by atoms with Gasteiger partial charge >= 0.3 is 6.18 Å². The van der Waals surface area contributed by atoms with Crippen molar-refractivity contribution in [2.45, 2.75) is 32.0 Å². The van der Waals surface area contributed by atoms with Crippen LogP contribution in [0.1, 0.15) is 29.7 Å². The van der Waals surface area contributed by atoms with Crippen molar-refractivity contribution in [1.29, 1.82) is 0 Å². The molecule has 184 valence electrons. The number of aryl methyl sites for hydroxylation is 1. The van der Waals surface area contributed by atoms with E-state index in [9.17, 15) is 22.8 Å². The molecule has 2 aromatic carbocycles. The number of carbonyl (C=O) groups excluding carboxylic acids is 2. The molecule has 2 heterocycles. The Kier molecular flexibility index (Phi) is 7.23. The van der Waals surface area contributed by atoms with E-state index in [1.54, 1.807) is 18.0 Å². The van der Waals surface area contributed by atoms with Gasteiger partial charge in [-0.05, 0) is 24.1 Å². The van der Waals surface area contributed by atoms with Gasteiger partial charge in [-0.25, -0.2) is 0 Å². The third-order valence-electron chi connectivity index (χ3n) is 6.11. The van der Waals surface area contributed by atoms with E-state index in [1.807, 2.05) is 36.4 Å². The van der Waals surface area contributed by atoms with Crippen LogP contribution in [-0.2, 0) is 28.7 Å². The minimum atomic E-state index is -4.44. The van der Waals surface area contributed by atoms with E-state index >= 15 is 0 Å². The lowest BCUT2D eigenvalue weighted by Crippen LogP contribution is -2.35. The van der Waals surface area contributed by atoms with Crippen LogP contribution in [0.5, 0.6) is 0 Å². The molecule has 1 unspecified atom stereocenters. The third kappa shape index (κ3) is 6.09. The fourth-order valence-electron chi connectivity index (χ4n) is 4.24. The molecule has 2 amide bonds. The van der Waals surface area contributed by atoms with Crippen molar-refractivity contribution >= 4 is 11.8 Å². The van der Waals surface area contributed by atoms with Crippen LogP contribution < -0.4 is 0 Å². The van der Waals surface area contributed by atoms with Crippen molar-refractivity contribution in [2.75, 3.05) is 20.1 Å². The van der Waals surface area contributed by atoms with Crippen molar-refractivity contribution in [1.82, 2.24) is 15.0 Å². The number of benzene rings is 2. The quantitative estimate of drug-likeness (QED) is 0.460. The molecular formula is C26H26F3N3O3. The average molecular weight is 486 g/mol. The van der Waals surface area contributed by atoms with Gasteiger partial charge in [-0.1, -0.05) is 47.6 Å². The second kappa shape index (κ2) is 10.3. The minimum Gasteiger partial charge on any atom is -0.361 e. The largest absolute Gasteiger partial charge is 0.416 e. The first-order valence-corrected chi connectivity index (χ1v) is 11.4. The highest BCUT2D eigenvalue weighted by molar-refractivity contribution is 5.89. The van der Waals surface area contributed by atoms with Crippen LogP contribution in [0.25, 0.3) is 11.3 Å². The molecule has 1 aliphatic heterocycles. The predicted octanol–water partition coefficient (Wildman–Crippen LogP) is 4.80. The standard InChI is InChI=1S/C26H26F3N3O3/c1-31(12-6-11-22-15-23(30-35-22)19-8-3-2-4-9-19)25(34)20-14-24(33)32(17-20)16-18-7-5-10-21(13-18)26(27,28)29/h2-5,7-10,13,15,20H,6,11-12,14,16-17H2,1H3. The highest BCUT2D eigenvalue weighted by Crippen LogP contribution is 2.30. The molecule has 0 spiro atoms. The van der Waals surface area contributed by atoms with E-state index in [-0.39, 0.29) is 31.3 Å². The molecule has 1 fully saturated rings. The average Bonchev–Trinajstić information content (AvgIpc) is 3.45. The number of halogens is 3. The molecule has 0 saturated carbocycles. The summed E-state index contributed by atoms with van der Waals surface area (Å²) in [6, 6.07) is 16.5. The Balaban J connectivity index is 1.27. The molecule has 1 aromatic heterocycles. The van der Waals surface area contributed by atoms with Gasteiger partial charge in [-0.2, -0.15) is 13.2 Å². The van der Waals surface area contributed by atoms with E-state index < -0.39 is 17.7 Å². The maximum atomic E-state index is 13.0. The van der Waals surface area contributed by atoms with Crippen LogP contribution in [0.2, 0.25) is 0 Å². The van der Waals surface area contributed by atoms with Gasteiger partial charge in [0.25, 0.3) is 0 Å². The first-order chi connectivity index (χ1) is 16.7. The number of amides is 2. The van der Waals surface area contributed by atoms with Gasteiger partial charge < -0.3 is 14.3 Å². The maximum absolute atomic E-state index is 13.0. The van der Waals surface area contributed by atoms with Gasteiger partial charge in [-0.3, -0.25) is 9.59 Å².